The Morgan fingerprint density at radius 3 is 2.38 bits per heavy atom. The predicted molar refractivity (Wildman–Crippen MR) is 36.1 cm³/mol. The van der Waals surface area contributed by atoms with Crippen LogP contribution in [0.25, 0.3) is 0 Å². The highest BCUT2D eigenvalue weighted by molar-refractivity contribution is 7.84. The molecule has 1 nitrogen and oxygen atoms in total. The monoisotopic (exact) mass is 133 g/mol. The van der Waals surface area contributed by atoms with Gasteiger partial charge in [-0.3, -0.25) is 0 Å². The number of thiol groups is 1. The van der Waals surface area contributed by atoms with Crippen LogP contribution in [0.1, 0.15) is 6.92 Å². The van der Waals surface area contributed by atoms with Crippen LogP contribution in [0.2, 0.25) is 0 Å². The Kier molecular flexibility index (Phi) is 3.35. The van der Waals surface area contributed by atoms with Crippen molar-refractivity contribution in [1.29, 1.82) is 0 Å². The highest BCUT2D eigenvalue weighted by atomic mass is 32.1. The molecule has 0 unspecified atom stereocenters. The standard InChI is InChI=1S/C5H8FNS/c1-4(8)5(6)2-3-7/h2-3,8H,7H2,1H3/b3-2-,5-4-. The van der Waals surface area contributed by atoms with E-state index in [-0.39, 0.29) is 0 Å². The summed E-state index contributed by atoms with van der Waals surface area (Å²) in [5, 5.41) is 0. The fraction of sp³-hybridized carbons (Fsp3) is 0.200. The van der Waals surface area contributed by atoms with Gasteiger partial charge in [0.1, 0.15) is 5.83 Å². The smallest absolute Gasteiger partial charge is 0.133 e. The van der Waals surface area contributed by atoms with E-state index in [1.165, 1.54) is 0 Å². The molecule has 46 valence electrons. The van der Waals surface area contributed by atoms with Crippen LogP contribution in [0.5, 0.6) is 0 Å². The molecule has 0 amide bonds. The number of allylic oxidation sites excluding steroid dienone is 3. The van der Waals surface area contributed by atoms with Crippen molar-refractivity contribution in [3.63, 3.8) is 0 Å². The molecule has 0 aromatic rings. The molecule has 0 saturated carbocycles. The summed E-state index contributed by atoms with van der Waals surface area (Å²) in [5.41, 5.74) is 4.88. The Labute approximate surface area is 53.5 Å². The Bertz CT molecular complexity index is 124. The number of halogens is 1. The molecular weight excluding hydrogens is 125 g/mol. The molecule has 0 aromatic carbocycles. The van der Waals surface area contributed by atoms with E-state index >= 15 is 0 Å². The Morgan fingerprint density at radius 2 is 2.25 bits per heavy atom. The van der Waals surface area contributed by atoms with E-state index in [0.717, 1.165) is 12.3 Å². The van der Waals surface area contributed by atoms with Crippen molar-refractivity contribution in [2.45, 2.75) is 6.92 Å². The van der Waals surface area contributed by atoms with Crippen LogP contribution in [-0.2, 0) is 0 Å². The van der Waals surface area contributed by atoms with Gasteiger partial charge < -0.3 is 5.73 Å². The zero-order valence-corrected chi connectivity index (χ0v) is 5.45. The molecule has 0 heterocycles. The summed E-state index contributed by atoms with van der Waals surface area (Å²) in [6, 6.07) is 0. The van der Waals surface area contributed by atoms with E-state index in [2.05, 4.69) is 12.6 Å². The first-order valence-corrected chi connectivity index (χ1v) is 2.57. The second kappa shape index (κ2) is 3.55. The molecule has 0 atom stereocenters. The third-order valence-electron chi connectivity index (χ3n) is 0.588. The lowest BCUT2D eigenvalue weighted by molar-refractivity contribution is 0.662. The average Bonchev–Trinajstić information content (AvgIpc) is 1.67. The first-order chi connectivity index (χ1) is 3.68. The lowest BCUT2D eigenvalue weighted by Crippen LogP contribution is -1.76. The van der Waals surface area contributed by atoms with Crippen molar-refractivity contribution in [3.8, 4) is 0 Å². The molecule has 8 heavy (non-hydrogen) atoms. The van der Waals surface area contributed by atoms with E-state index in [0.29, 0.717) is 4.91 Å². The largest absolute Gasteiger partial charge is 0.405 e. The van der Waals surface area contributed by atoms with Gasteiger partial charge in [-0.25, -0.2) is 4.39 Å². The van der Waals surface area contributed by atoms with Crippen molar-refractivity contribution >= 4 is 12.6 Å². The molecular formula is C5H8FNS. The summed E-state index contributed by atoms with van der Waals surface area (Å²) in [4.78, 5) is 0.340. The quantitative estimate of drug-likeness (QED) is 0.412. The van der Waals surface area contributed by atoms with E-state index in [9.17, 15) is 4.39 Å². The van der Waals surface area contributed by atoms with Gasteiger partial charge in [-0.05, 0) is 19.2 Å². The fourth-order valence-corrected chi connectivity index (χ4v) is 0.280. The fourth-order valence-electron chi connectivity index (χ4n) is 0.205. The maximum Gasteiger partial charge on any atom is 0.133 e. The highest BCUT2D eigenvalue weighted by Gasteiger charge is 1.87. The van der Waals surface area contributed by atoms with Crippen molar-refractivity contribution in [2.75, 3.05) is 0 Å². The molecule has 0 saturated heterocycles. The van der Waals surface area contributed by atoms with E-state index in [4.69, 9.17) is 5.73 Å². The molecule has 0 spiro atoms. The second-order valence-corrected chi connectivity index (χ2v) is 1.96. The zero-order valence-electron chi connectivity index (χ0n) is 4.56. The summed E-state index contributed by atoms with van der Waals surface area (Å²) in [6.07, 6.45) is 2.29. The zero-order chi connectivity index (χ0) is 6.57. The normalized spacial score (nSPS) is 14.4. The second-order valence-electron chi connectivity index (χ2n) is 1.29. The van der Waals surface area contributed by atoms with Crippen LogP contribution in [0.15, 0.2) is 23.0 Å². The molecule has 0 aliphatic rings. The van der Waals surface area contributed by atoms with Gasteiger partial charge in [0.05, 0.1) is 0 Å². The van der Waals surface area contributed by atoms with Crippen LogP contribution in [0.4, 0.5) is 4.39 Å². The summed E-state index contributed by atoms with van der Waals surface area (Å²) >= 11 is 3.72. The SMILES string of the molecule is C/C(S)=C(F)\C=C/N. The van der Waals surface area contributed by atoms with Gasteiger partial charge in [0.15, 0.2) is 0 Å². The van der Waals surface area contributed by atoms with E-state index in [1.807, 2.05) is 0 Å². The van der Waals surface area contributed by atoms with Crippen LogP contribution in [0.3, 0.4) is 0 Å². The minimum absolute atomic E-state index is 0.340. The molecule has 3 heteroatoms. The van der Waals surface area contributed by atoms with Crippen LogP contribution in [-0.4, -0.2) is 0 Å². The maximum atomic E-state index is 12.2. The van der Waals surface area contributed by atoms with Crippen molar-refractivity contribution in [3.05, 3.63) is 23.0 Å². The lowest BCUT2D eigenvalue weighted by atomic mass is 10.5. The average molecular weight is 133 g/mol. The van der Waals surface area contributed by atoms with Crippen molar-refractivity contribution < 1.29 is 4.39 Å². The highest BCUT2D eigenvalue weighted by Crippen LogP contribution is 2.08. The third-order valence-corrected chi connectivity index (χ3v) is 0.802. The first-order valence-electron chi connectivity index (χ1n) is 2.12. The van der Waals surface area contributed by atoms with Gasteiger partial charge in [-0.2, -0.15) is 0 Å². The minimum Gasteiger partial charge on any atom is -0.405 e. The maximum absolute atomic E-state index is 12.2. The summed E-state index contributed by atoms with van der Waals surface area (Å²) < 4.78 is 12.2. The molecule has 0 aliphatic carbocycles. The van der Waals surface area contributed by atoms with Crippen molar-refractivity contribution in [1.82, 2.24) is 0 Å². The summed E-state index contributed by atoms with van der Waals surface area (Å²) in [6.45, 7) is 1.55. The Balaban J connectivity index is 4.00. The van der Waals surface area contributed by atoms with Gasteiger partial charge in [-0.15, -0.1) is 12.6 Å². The number of hydrogen-bond donors (Lipinski definition) is 2. The Morgan fingerprint density at radius 1 is 1.75 bits per heavy atom. The number of nitrogens with two attached hydrogens (primary N) is 1. The number of hydrogen-bond acceptors (Lipinski definition) is 2. The molecule has 0 aliphatic heterocycles. The van der Waals surface area contributed by atoms with Gasteiger partial charge in [0.25, 0.3) is 0 Å². The molecule has 0 fully saturated rings. The molecule has 0 radical (unpaired) electrons. The van der Waals surface area contributed by atoms with Gasteiger partial charge in [0.2, 0.25) is 0 Å². The van der Waals surface area contributed by atoms with Crippen molar-refractivity contribution in [2.24, 2.45) is 5.73 Å². The predicted octanol–water partition coefficient (Wildman–Crippen LogP) is 1.59. The van der Waals surface area contributed by atoms with Crippen LogP contribution < -0.4 is 5.73 Å². The number of rotatable bonds is 1. The van der Waals surface area contributed by atoms with Crippen LogP contribution >= 0.6 is 12.6 Å². The molecule has 0 aromatic heterocycles. The Hall–Kier alpha value is -0.440. The third kappa shape index (κ3) is 2.69. The lowest BCUT2D eigenvalue weighted by Gasteiger charge is -1.86. The van der Waals surface area contributed by atoms with Gasteiger partial charge in [-0.1, -0.05) is 0 Å². The molecule has 0 rings (SSSR count). The molecule has 2 N–H and O–H groups in total. The van der Waals surface area contributed by atoms with E-state index < -0.39 is 5.83 Å². The minimum atomic E-state index is -0.393. The van der Waals surface area contributed by atoms with Gasteiger partial charge >= 0.3 is 0 Å². The summed E-state index contributed by atoms with van der Waals surface area (Å²) in [5.74, 6) is -0.393. The van der Waals surface area contributed by atoms with Crippen LogP contribution in [0, 0.1) is 0 Å². The topological polar surface area (TPSA) is 26.0 Å². The summed E-state index contributed by atoms with van der Waals surface area (Å²) in [7, 11) is 0. The molecule has 0 bridgehead atoms. The first kappa shape index (κ1) is 7.56. The van der Waals surface area contributed by atoms with Gasteiger partial charge in [0, 0.05) is 4.91 Å². The van der Waals surface area contributed by atoms with E-state index in [1.54, 1.807) is 6.92 Å².